The number of likely N-dealkylation sites (tertiary alicyclic amines) is 1. The van der Waals surface area contributed by atoms with Gasteiger partial charge in [-0.25, -0.2) is 4.79 Å². The molecular weight excluding hydrogens is 282 g/mol. The molecule has 6 nitrogen and oxygen atoms in total. The first-order valence-electron chi connectivity index (χ1n) is 8.05. The Bertz CT molecular complexity index is 402. The normalized spacial score (nSPS) is 20.2. The van der Waals surface area contributed by atoms with Crippen LogP contribution in [0, 0.1) is 5.92 Å². The highest BCUT2D eigenvalue weighted by molar-refractivity contribution is 5.81. The zero-order valence-electron chi connectivity index (χ0n) is 14.8. The summed E-state index contributed by atoms with van der Waals surface area (Å²) >= 11 is 0. The van der Waals surface area contributed by atoms with Gasteiger partial charge < -0.3 is 20.3 Å². The maximum absolute atomic E-state index is 12.2. The van der Waals surface area contributed by atoms with Gasteiger partial charge in [-0.15, -0.1) is 0 Å². The van der Waals surface area contributed by atoms with Crippen LogP contribution in [0.25, 0.3) is 0 Å². The highest BCUT2D eigenvalue weighted by Crippen LogP contribution is 2.21. The van der Waals surface area contributed by atoms with Crippen LogP contribution in [-0.4, -0.2) is 59.1 Å². The minimum Gasteiger partial charge on any atom is -0.444 e. The van der Waals surface area contributed by atoms with Crippen molar-refractivity contribution in [1.29, 1.82) is 0 Å². The molecule has 2 N–H and O–H groups in total. The maximum atomic E-state index is 12.2. The average molecular weight is 313 g/mol. The van der Waals surface area contributed by atoms with Gasteiger partial charge in [0.15, 0.2) is 0 Å². The van der Waals surface area contributed by atoms with E-state index >= 15 is 0 Å². The van der Waals surface area contributed by atoms with Crippen LogP contribution in [0.3, 0.4) is 0 Å². The van der Waals surface area contributed by atoms with Crippen LogP contribution in [0.5, 0.6) is 0 Å². The maximum Gasteiger partial charge on any atom is 0.410 e. The van der Waals surface area contributed by atoms with Crippen LogP contribution in [0.2, 0.25) is 0 Å². The lowest BCUT2D eigenvalue weighted by atomic mass is 10.1. The second-order valence-electron chi connectivity index (χ2n) is 7.45. The molecule has 1 aliphatic heterocycles. The molecule has 0 aromatic carbocycles. The minimum absolute atomic E-state index is 0.0364. The SMILES string of the molecule is CC(C)N(CC1CCN(C(=O)OC(C)(C)C)C1)C(=O)[C@H](C)N. The van der Waals surface area contributed by atoms with E-state index in [0.717, 1.165) is 6.42 Å². The first-order chi connectivity index (χ1) is 10.0. The standard InChI is InChI=1S/C16H31N3O3/c1-11(2)19(14(20)12(3)17)10-13-7-8-18(9-13)15(21)22-16(4,5)6/h11-13H,7-10,17H2,1-6H3/t12-,13?/m0/s1. The Labute approximate surface area is 134 Å². The van der Waals surface area contributed by atoms with Crippen LogP contribution < -0.4 is 5.73 Å². The van der Waals surface area contributed by atoms with E-state index in [-0.39, 0.29) is 24.0 Å². The molecular formula is C16H31N3O3. The van der Waals surface area contributed by atoms with Gasteiger partial charge in [-0.1, -0.05) is 0 Å². The lowest BCUT2D eigenvalue weighted by molar-refractivity contribution is -0.134. The van der Waals surface area contributed by atoms with E-state index in [1.807, 2.05) is 39.5 Å². The first kappa shape index (κ1) is 18.7. The Morgan fingerprint density at radius 2 is 1.91 bits per heavy atom. The van der Waals surface area contributed by atoms with Gasteiger partial charge in [0.2, 0.25) is 5.91 Å². The van der Waals surface area contributed by atoms with Gasteiger partial charge in [0.25, 0.3) is 0 Å². The molecule has 22 heavy (non-hydrogen) atoms. The molecule has 1 unspecified atom stereocenters. The van der Waals surface area contributed by atoms with Gasteiger partial charge in [-0.2, -0.15) is 0 Å². The molecule has 0 aromatic heterocycles. The number of carbonyl (C=O) groups excluding carboxylic acids is 2. The second kappa shape index (κ2) is 7.31. The lowest BCUT2D eigenvalue weighted by Gasteiger charge is -2.31. The largest absolute Gasteiger partial charge is 0.444 e. The zero-order valence-corrected chi connectivity index (χ0v) is 14.8. The van der Waals surface area contributed by atoms with Crippen molar-refractivity contribution in [3.05, 3.63) is 0 Å². The van der Waals surface area contributed by atoms with Crippen LogP contribution in [-0.2, 0) is 9.53 Å². The summed E-state index contributed by atoms with van der Waals surface area (Å²) < 4.78 is 5.39. The van der Waals surface area contributed by atoms with Crippen molar-refractivity contribution in [2.75, 3.05) is 19.6 Å². The van der Waals surface area contributed by atoms with Crippen molar-refractivity contribution in [2.45, 2.75) is 65.6 Å². The molecule has 1 heterocycles. The molecule has 0 saturated carbocycles. The summed E-state index contributed by atoms with van der Waals surface area (Å²) in [6.45, 7) is 13.2. The van der Waals surface area contributed by atoms with E-state index in [4.69, 9.17) is 10.5 Å². The van der Waals surface area contributed by atoms with Crippen LogP contribution >= 0.6 is 0 Å². The number of hydrogen-bond acceptors (Lipinski definition) is 4. The Balaban J connectivity index is 2.58. The van der Waals surface area contributed by atoms with Gasteiger partial charge >= 0.3 is 6.09 Å². The fraction of sp³-hybridized carbons (Fsp3) is 0.875. The average Bonchev–Trinajstić information content (AvgIpc) is 2.81. The minimum atomic E-state index is -0.495. The number of carbonyl (C=O) groups is 2. The first-order valence-corrected chi connectivity index (χ1v) is 8.05. The number of hydrogen-bond donors (Lipinski definition) is 1. The van der Waals surface area contributed by atoms with Crippen LogP contribution in [0.4, 0.5) is 4.79 Å². The molecule has 128 valence electrons. The van der Waals surface area contributed by atoms with Crippen LogP contribution in [0.15, 0.2) is 0 Å². The van der Waals surface area contributed by atoms with E-state index < -0.39 is 11.6 Å². The van der Waals surface area contributed by atoms with E-state index in [2.05, 4.69) is 0 Å². The number of nitrogens with zero attached hydrogens (tertiary/aromatic N) is 2. The van der Waals surface area contributed by atoms with Crippen molar-refractivity contribution < 1.29 is 14.3 Å². The number of ether oxygens (including phenoxy) is 1. The molecule has 2 amide bonds. The molecule has 1 aliphatic rings. The van der Waals surface area contributed by atoms with Crippen LogP contribution in [0.1, 0.15) is 48.0 Å². The van der Waals surface area contributed by atoms with E-state index in [1.165, 1.54) is 0 Å². The van der Waals surface area contributed by atoms with Gasteiger partial charge in [0.1, 0.15) is 5.60 Å². The summed E-state index contributed by atoms with van der Waals surface area (Å²) in [5.41, 5.74) is 5.24. The Morgan fingerprint density at radius 1 is 1.32 bits per heavy atom. The quantitative estimate of drug-likeness (QED) is 0.859. The molecule has 0 bridgehead atoms. The van der Waals surface area contributed by atoms with Gasteiger partial charge in [0, 0.05) is 25.7 Å². The molecule has 1 saturated heterocycles. The molecule has 0 aromatic rings. The van der Waals surface area contributed by atoms with E-state index in [9.17, 15) is 9.59 Å². The van der Waals surface area contributed by atoms with Gasteiger partial charge in [-0.3, -0.25) is 4.79 Å². The van der Waals surface area contributed by atoms with Gasteiger partial charge in [-0.05, 0) is 53.9 Å². The summed E-state index contributed by atoms with van der Waals surface area (Å²) in [6.07, 6.45) is 0.610. The molecule has 0 aliphatic carbocycles. The monoisotopic (exact) mass is 313 g/mol. The number of amides is 2. The topological polar surface area (TPSA) is 75.9 Å². The Morgan fingerprint density at radius 3 is 2.36 bits per heavy atom. The Hall–Kier alpha value is -1.30. The number of rotatable bonds is 4. The summed E-state index contributed by atoms with van der Waals surface area (Å²) in [4.78, 5) is 27.8. The molecule has 1 fully saturated rings. The predicted molar refractivity (Wildman–Crippen MR) is 86.4 cm³/mol. The van der Waals surface area contributed by atoms with Crippen molar-refractivity contribution in [2.24, 2.45) is 11.7 Å². The van der Waals surface area contributed by atoms with Crippen molar-refractivity contribution in [3.8, 4) is 0 Å². The van der Waals surface area contributed by atoms with Crippen molar-refractivity contribution in [3.63, 3.8) is 0 Å². The third kappa shape index (κ3) is 5.48. The third-order valence-corrected chi connectivity index (χ3v) is 3.69. The van der Waals surface area contributed by atoms with Crippen molar-refractivity contribution >= 4 is 12.0 Å². The summed E-state index contributed by atoms with van der Waals surface area (Å²) in [6, 6.07) is -0.389. The van der Waals surface area contributed by atoms with E-state index in [1.54, 1.807) is 11.8 Å². The van der Waals surface area contributed by atoms with E-state index in [0.29, 0.717) is 19.6 Å². The fourth-order valence-electron chi connectivity index (χ4n) is 2.57. The molecule has 6 heteroatoms. The third-order valence-electron chi connectivity index (χ3n) is 3.69. The predicted octanol–water partition coefficient (Wildman–Crippen LogP) is 1.83. The summed E-state index contributed by atoms with van der Waals surface area (Å²) in [5, 5.41) is 0. The highest BCUT2D eigenvalue weighted by atomic mass is 16.6. The molecule has 0 radical (unpaired) electrons. The number of nitrogens with two attached hydrogens (primary N) is 1. The molecule has 2 atom stereocenters. The highest BCUT2D eigenvalue weighted by Gasteiger charge is 2.32. The van der Waals surface area contributed by atoms with Crippen molar-refractivity contribution in [1.82, 2.24) is 9.80 Å². The molecule has 1 rings (SSSR count). The Kier molecular flexibility index (Phi) is 6.23. The summed E-state index contributed by atoms with van der Waals surface area (Å²) in [5.74, 6) is 0.239. The van der Waals surface area contributed by atoms with Gasteiger partial charge in [0.05, 0.1) is 6.04 Å². The smallest absolute Gasteiger partial charge is 0.410 e. The fourth-order valence-corrected chi connectivity index (χ4v) is 2.57. The summed E-state index contributed by atoms with van der Waals surface area (Å²) in [7, 11) is 0. The zero-order chi connectivity index (χ0) is 17.1. The second-order valence-corrected chi connectivity index (χ2v) is 7.45. The molecule has 0 spiro atoms. The lowest BCUT2D eigenvalue weighted by Crippen LogP contribution is -2.48.